The molecule has 0 bridgehead atoms. The molecule has 1 aliphatic rings. The minimum Gasteiger partial charge on any atom is -0.353 e. The summed E-state index contributed by atoms with van der Waals surface area (Å²) < 4.78 is 1.99. The summed E-state index contributed by atoms with van der Waals surface area (Å²) in [5.74, 6) is 0.0495. The second-order valence-corrected chi connectivity index (χ2v) is 7.74. The van der Waals surface area contributed by atoms with E-state index in [0.29, 0.717) is 12.0 Å². The third-order valence-corrected chi connectivity index (χ3v) is 5.56. The Morgan fingerprint density at radius 1 is 1.28 bits per heavy atom. The topological polar surface area (TPSA) is 73.4 Å². The van der Waals surface area contributed by atoms with Gasteiger partial charge in [0.2, 0.25) is 5.91 Å². The van der Waals surface area contributed by atoms with Gasteiger partial charge in [0.05, 0.1) is 23.7 Å². The van der Waals surface area contributed by atoms with Crippen LogP contribution in [0, 0.1) is 18.3 Å². The average molecular weight is 387 g/mol. The molecule has 6 heteroatoms. The van der Waals surface area contributed by atoms with Crippen molar-refractivity contribution >= 4 is 11.6 Å². The minimum atomic E-state index is 0.0495. The van der Waals surface area contributed by atoms with Crippen LogP contribution in [0.4, 0.5) is 0 Å². The summed E-state index contributed by atoms with van der Waals surface area (Å²) in [6.07, 6.45) is 5.97. The van der Waals surface area contributed by atoms with Crippen molar-refractivity contribution in [2.75, 3.05) is 13.1 Å². The highest BCUT2D eigenvalue weighted by Crippen LogP contribution is 2.16. The smallest absolute Gasteiger partial charge is 0.226 e. The number of hydrogen-bond donors (Lipinski definition) is 1. The number of aromatic nitrogens is 2. The van der Waals surface area contributed by atoms with Crippen molar-refractivity contribution in [3.63, 3.8) is 0 Å². The number of carbonyl (C=O) groups excluding carboxylic acids is 1. The van der Waals surface area contributed by atoms with E-state index in [-0.39, 0.29) is 11.9 Å². The number of benzene rings is 1. The van der Waals surface area contributed by atoms with Crippen LogP contribution >= 0.6 is 0 Å². The molecule has 148 valence electrons. The number of piperidine rings is 1. The number of likely N-dealkylation sites (tertiary alicyclic amines) is 1. The molecule has 0 radical (unpaired) electrons. The summed E-state index contributed by atoms with van der Waals surface area (Å²) in [6.45, 7) is 4.75. The maximum absolute atomic E-state index is 12.6. The van der Waals surface area contributed by atoms with Gasteiger partial charge in [0, 0.05) is 38.1 Å². The Balaban J connectivity index is 1.28. The van der Waals surface area contributed by atoms with E-state index in [1.165, 1.54) is 0 Å². The molecule has 1 N–H and O–H groups in total. The number of rotatable bonds is 5. The molecule has 1 aliphatic heterocycles. The van der Waals surface area contributed by atoms with Gasteiger partial charge in [-0.3, -0.25) is 9.69 Å². The van der Waals surface area contributed by atoms with Crippen molar-refractivity contribution < 1.29 is 4.79 Å². The van der Waals surface area contributed by atoms with Crippen LogP contribution < -0.4 is 5.32 Å². The highest BCUT2D eigenvalue weighted by molar-refractivity contribution is 5.78. The highest BCUT2D eigenvalue weighted by atomic mass is 16.1. The minimum absolute atomic E-state index is 0.0495. The van der Waals surface area contributed by atoms with Gasteiger partial charge >= 0.3 is 0 Å². The molecule has 1 saturated heterocycles. The van der Waals surface area contributed by atoms with Crippen molar-refractivity contribution in [2.45, 2.75) is 38.8 Å². The van der Waals surface area contributed by atoms with Crippen molar-refractivity contribution in [1.82, 2.24) is 19.6 Å². The quantitative estimate of drug-likeness (QED) is 0.731. The molecule has 0 unspecified atom stereocenters. The lowest BCUT2D eigenvalue weighted by Gasteiger charge is -2.32. The van der Waals surface area contributed by atoms with E-state index in [2.05, 4.69) is 27.3 Å². The molecule has 3 aromatic rings. The average Bonchev–Trinajstić information content (AvgIpc) is 3.14. The number of imidazole rings is 1. The van der Waals surface area contributed by atoms with Crippen LogP contribution in [-0.2, 0) is 17.8 Å². The number of amides is 1. The van der Waals surface area contributed by atoms with Crippen LogP contribution in [0.2, 0.25) is 0 Å². The van der Waals surface area contributed by atoms with Gasteiger partial charge in [-0.05, 0) is 49.1 Å². The fraction of sp³-hybridized carbons (Fsp3) is 0.348. The van der Waals surface area contributed by atoms with E-state index in [4.69, 9.17) is 5.26 Å². The van der Waals surface area contributed by atoms with Crippen LogP contribution in [0.1, 0.15) is 35.2 Å². The van der Waals surface area contributed by atoms with Crippen molar-refractivity contribution in [3.05, 3.63) is 71.2 Å². The summed E-state index contributed by atoms with van der Waals surface area (Å²) in [5.41, 5.74) is 4.79. The van der Waals surface area contributed by atoms with Crippen LogP contribution in [0.15, 0.2) is 48.8 Å². The maximum Gasteiger partial charge on any atom is 0.226 e. The molecule has 1 aromatic carbocycles. The Bertz CT molecular complexity index is 1060. The lowest BCUT2D eigenvalue weighted by Crippen LogP contribution is -2.44. The molecular weight excluding hydrogens is 362 g/mol. The van der Waals surface area contributed by atoms with Crippen LogP contribution in [-0.4, -0.2) is 39.3 Å². The SMILES string of the molecule is Cc1cccn2c(CC(=O)NC3CCN(Cc4cccc(C#N)c4)CC3)cnc12. The van der Waals surface area contributed by atoms with Gasteiger partial charge in [-0.1, -0.05) is 18.2 Å². The number of nitriles is 1. The molecule has 4 rings (SSSR count). The molecule has 6 nitrogen and oxygen atoms in total. The van der Waals surface area contributed by atoms with Crippen molar-refractivity contribution in [1.29, 1.82) is 5.26 Å². The van der Waals surface area contributed by atoms with Gasteiger partial charge in [-0.15, -0.1) is 0 Å². The molecule has 2 aromatic heterocycles. The summed E-state index contributed by atoms with van der Waals surface area (Å²) in [7, 11) is 0. The molecule has 0 atom stereocenters. The Hall–Kier alpha value is -3.17. The van der Waals surface area contributed by atoms with E-state index < -0.39 is 0 Å². The highest BCUT2D eigenvalue weighted by Gasteiger charge is 2.21. The first-order chi connectivity index (χ1) is 14.1. The molecule has 0 spiro atoms. The lowest BCUT2D eigenvalue weighted by molar-refractivity contribution is -0.121. The van der Waals surface area contributed by atoms with Gasteiger partial charge in [-0.2, -0.15) is 5.26 Å². The first kappa shape index (κ1) is 19.2. The maximum atomic E-state index is 12.6. The predicted molar refractivity (Wildman–Crippen MR) is 111 cm³/mol. The molecule has 0 aliphatic carbocycles. The number of carbonyl (C=O) groups is 1. The number of nitrogens with zero attached hydrogens (tertiary/aromatic N) is 4. The summed E-state index contributed by atoms with van der Waals surface area (Å²) >= 11 is 0. The number of pyridine rings is 1. The first-order valence-electron chi connectivity index (χ1n) is 10.0. The number of nitrogens with one attached hydrogen (secondary N) is 1. The number of fused-ring (bicyclic) bond motifs is 1. The Morgan fingerprint density at radius 2 is 2.10 bits per heavy atom. The number of hydrogen-bond acceptors (Lipinski definition) is 4. The van der Waals surface area contributed by atoms with Gasteiger partial charge in [0.25, 0.3) is 0 Å². The predicted octanol–water partition coefficient (Wildman–Crippen LogP) is 2.84. The zero-order valence-electron chi connectivity index (χ0n) is 16.6. The van der Waals surface area contributed by atoms with Gasteiger partial charge in [0.15, 0.2) is 0 Å². The van der Waals surface area contributed by atoms with Gasteiger partial charge in [0.1, 0.15) is 5.65 Å². The van der Waals surface area contributed by atoms with Crippen LogP contribution in [0.5, 0.6) is 0 Å². The summed E-state index contributed by atoms with van der Waals surface area (Å²) in [4.78, 5) is 19.4. The second kappa shape index (κ2) is 8.46. The van der Waals surface area contributed by atoms with E-state index >= 15 is 0 Å². The Morgan fingerprint density at radius 3 is 2.90 bits per heavy atom. The fourth-order valence-corrected chi connectivity index (χ4v) is 4.01. The standard InChI is InChI=1S/C23H25N5O/c1-17-4-3-9-28-21(15-25-23(17)28)13-22(29)26-20-7-10-27(11-8-20)16-19-6-2-5-18(12-19)14-24/h2-6,9,12,15,20H,7-8,10-11,13,16H2,1H3,(H,26,29). The van der Waals surface area contributed by atoms with E-state index in [1.54, 1.807) is 6.20 Å². The van der Waals surface area contributed by atoms with Crippen LogP contribution in [0.3, 0.4) is 0 Å². The molecule has 0 saturated carbocycles. The van der Waals surface area contributed by atoms with E-state index in [9.17, 15) is 4.79 Å². The Labute approximate surface area is 170 Å². The van der Waals surface area contributed by atoms with Crippen LogP contribution in [0.25, 0.3) is 5.65 Å². The number of aryl methyl sites for hydroxylation is 1. The third-order valence-electron chi connectivity index (χ3n) is 5.56. The van der Waals surface area contributed by atoms with E-state index in [0.717, 1.165) is 54.9 Å². The monoisotopic (exact) mass is 387 g/mol. The summed E-state index contributed by atoms with van der Waals surface area (Å²) in [5, 5.41) is 12.2. The fourth-order valence-electron chi connectivity index (χ4n) is 4.01. The molecule has 3 heterocycles. The van der Waals surface area contributed by atoms with Gasteiger partial charge in [-0.25, -0.2) is 4.98 Å². The normalized spacial score (nSPS) is 15.3. The zero-order chi connectivity index (χ0) is 20.2. The Kier molecular flexibility index (Phi) is 5.59. The molecule has 1 fully saturated rings. The molecule has 1 amide bonds. The van der Waals surface area contributed by atoms with E-state index in [1.807, 2.05) is 47.9 Å². The van der Waals surface area contributed by atoms with Crippen molar-refractivity contribution in [2.24, 2.45) is 0 Å². The second-order valence-electron chi connectivity index (χ2n) is 7.74. The zero-order valence-corrected chi connectivity index (χ0v) is 16.6. The largest absolute Gasteiger partial charge is 0.353 e. The van der Waals surface area contributed by atoms with Crippen molar-refractivity contribution in [3.8, 4) is 6.07 Å². The molecule has 29 heavy (non-hydrogen) atoms. The third kappa shape index (κ3) is 4.47. The summed E-state index contributed by atoms with van der Waals surface area (Å²) in [6, 6.07) is 14.2. The van der Waals surface area contributed by atoms with Gasteiger partial charge < -0.3 is 9.72 Å². The molecular formula is C23H25N5O. The first-order valence-corrected chi connectivity index (χ1v) is 10.0. The lowest BCUT2D eigenvalue weighted by atomic mass is 10.0.